The fraction of sp³-hybridized carbons (Fsp3) is 0.909. The van der Waals surface area contributed by atoms with E-state index in [9.17, 15) is 4.79 Å². The molecule has 4 heteroatoms. The Balaban J connectivity index is 4.54. The lowest BCUT2D eigenvalue weighted by molar-refractivity contribution is -0.145. The maximum atomic E-state index is 11.1. The molecule has 1 atom stereocenters. The summed E-state index contributed by atoms with van der Waals surface area (Å²) >= 11 is 0. The fourth-order valence-electron chi connectivity index (χ4n) is 1.47. The van der Waals surface area contributed by atoms with Crippen LogP contribution in [0.2, 0.25) is 0 Å². The third kappa shape index (κ3) is 4.18. The highest BCUT2D eigenvalue weighted by molar-refractivity contribution is 5.78. The van der Waals surface area contributed by atoms with Crippen molar-refractivity contribution in [2.24, 2.45) is 0 Å². The zero-order valence-electron chi connectivity index (χ0n) is 10.5. The molecule has 15 heavy (non-hydrogen) atoms. The van der Waals surface area contributed by atoms with Crippen LogP contribution in [0.25, 0.3) is 0 Å². The average molecular weight is 216 g/mol. The number of likely N-dealkylation sites (N-methyl/N-ethyl adjacent to an activating group) is 1. The third-order valence-corrected chi connectivity index (χ3v) is 2.78. The van der Waals surface area contributed by atoms with Crippen molar-refractivity contribution in [1.82, 2.24) is 10.2 Å². The van der Waals surface area contributed by atoms with E-state index in [2.05, 4.69) is 31.0 Å². The van der Waals surface area contributed by atoms with Crippen LogP contribution >= 0.6 is 0 Å². The SMILES string of the molecule is CCCN(CC(C)(NC)C(=O)O)C(C)C. The summed E-state index contributed by atoms with van der Waals surface area (Å²) in [6.07, 6.45) is 1.04. The molecular weight excluding hydrogens is 192 g/mol. The molecular formula is C11H24N2O2. The number of nitrogens with one attached hydrogen (secondary N) is 1. The second-order valence-corrected chi connectivity index (χ2v) is 4.45. The van der Waals surface area contributed by atoms with Gasteiger partial charge >= 0.3 is 5.97 Å². The Labute approximate surface area is 92.7 Å². The molecule has 4 nitrogen and oxygen atoms in total. The van der Waals surface area contributed by atoms with Crippen molar-refractivity contribution in [2.75, 3.05) is 20.1 Å². The number of hydrogen-bond acceptors (Lipinski definition) is 3. The largest absolute Gasteiger partial charge is 0.480 e. The van der Waals surface area contributed by atoms with E-state index >= 15 is 0 Å². The highest BCUT2D eigenvalue weighted by Gasteiger charge is 2.33. The number of nitrogens with zero attached hydrogens (tertiary/aromatic N) is 1. The van der Waals surface area contributed by atoms with Gasteiger partial charge in [0, 0.05) is 12.6 Å². The zero-order valence-corrected chi connectivity index (χ0v) is 10.5. The van der Waals surface area contributed by atoms with Crippen LogP contribution in [-0.2, 0) is 4.79 Å². The van der Waals surface area contributed by atoms with Crippen molar-refractivity contribution in [3.05, 3.63) is 0 Å². The maximum absolute atomic E-state index is 11.1. The van der Waals surface area contributed by atoms with Gasteiger partial charge in [-0.15, -0.1) is 0 Å². The molecule has 0 fully saturated rings. The molecule has 0 saturated carbocycles. The molecule has 1 unspecified atom stereocenters. The first-order chi connectivity index (χ1) is 6.87. The lowest BCUT2D eigenvalue weighted by Gasteiger charge is -2.34. The van der Waals surface area contributed by atoms with Gasteiger partial charge in [-0.05, 0) is 40.8 Å². The molecule has 0 heterocycles. The summed E-state index contributed by atoms with van der Waals surface area (Å²) in [5, 5.41) is 12.0. The molecule has 0 aliphatic heterocycles. The highest BCUT2D eigenvalue weighted by Crippen LogP contribution is 2.10. The first-order valence-corrected chi connectivity index (χ1v) is 5.53. The minimum atomic E-state index is -0.862. The predicted octanol–water partition coefficient (Wildman–Crippen LogP) is 1.17. The predicted molar refractivity (Wildman–Crippen MR) is 62.1 cm³/mol. The molecule has 0 aromatic carbocycles. The standard InChI is InChI=1S/C11H24N2O2/c1-6-7-13(9(2)3)8-11(4,12-5)10(14)15/h9,12H,6-8H2,1-5H3,(H,14,15). The molecule has 0 amide bonds. The minimum Gasteiger partial charge on any atom is -0.480 e. The summed E-state index contributed by atoms with van der Waals surface area (Å²) in [5.41, 5.74) is -0.862. The summed E-state index contributed by atoms with van der Waals surface area (Å²) < 4.78 is 0. The molecule has 0 aliphatic rings. The van der Waals surface area contributed by atoms with Gasteiger partial charge in [-0.1, -0.05) is 6.92 Å². The van der Waals surface area contributed by atoms with Crippen LogP contribution in [-0.4, -0.2) is 47.7 Å². The van der Waals surface area contributed by atoms with E-state index in [0.717, 1.165) is 13.0 Å². The van der Waals surface area contributed by atoms with Crippen LogP contribution in [0, 0.1) is 0 Å². The van der Waals surface area contributed by atoms with Gasteiger partial charge in [-0.3, -0.25) is 9.69 Å². The summed E-state index contributed by atoms with van der Waals surface area (Å²) in [6.45, 7) is 9.47. The number of rotatable bonds is 7. The van der Waals surface area contributed by atoms with Gasteiger partial charge in [-0.25, -0.2) is 0 Å². The normalized spacial score (nSPS) is 15.7. The molecule has 90 valence electrons. The van der Waals surface area contributed by atoms with Gasteiger partial charge in [0.1, 0.15) is 5.54 Å². The lowest BCUT2D eigenvalue weighted by atomic mass is 10.0. The second kappa shape index (κ2) is 6.08. The van der Waals surface area contributed by atoms with Crippen molar-refractivity contribution in [3.63, 3.8) is 0 Å². The molecule has 0 aromatic rings. The number of hydrogen-bond donors (Lipinski definition) is 2. The van der Waals surface area contributed by atoms with Crippen LogP contribution in [0.1, 0.15) is 34.1 Å². The zero-order chi connectivity index (χ0) is 12.1. The summed E-state index contributed by atoms with van der Waals surface area (Å²) in [5.74, 6) is -0.799. The molecule has 0 bridgehead atoms. The molecule has 2 N–H and O–H groups in total. The Morgan fingerprint density at radius 1 is 1.53 bits per heavy atom. The molecule has 0 radical (unpaired) electrons. The van der Waals surface area contributed by atoms with Crippen LogP contribution in [0.5, 0.6) is 0 Å². The highest BCUT2D eigenvalue weighted by atomic mass is 16.4. The summed E-state index contributed by atoms with van der Waals surface area (Å²) in [7, 11) is 1.69. The van der Waals surface area contributed by atoms with E-state index in [-0.39, 0.29) is 0 Å². The molecule has 0 spiro atoms. The number of aliphatic carboxylic acids is 1. The van der Waals surface area contributed by atoms with Crippen LogP contribution in [0.4, 0.5) is 0 Å². The topological polar surface area (TPSA) is 52.6 Å². The number of carboxylic acid groups (broad SMARTS) is 1. The quantitative estimate of drug-likeness (QED) is 0.671. The van der Waals surface area contributed by atoms with E-state index in [0.29, 0.717) is 12.6 Å². The van der Waals surface area contributed by atoms with Gasteiger partial charge < -0.3 is 10.4 Å². The minimum absolute atomic E-state index is 0.372. The van der Waals surface area contributed by atoms with Gasteiger partial charge in [0.2, 0.25) is 0 Å². The van der Waals surface area contributed by atoms with Crippen LogP contribution in [0.15, 0.2) is 0 Å². The van der Waals surface area contributed by atoms with Gasteiger partial charge in [0.15, 0.2) is 0 Å². The fourth-order valence-corrected chi connectivity index (χ4v) is 1.47. The Kier molecular flexibility index (Phi) is 5.83. The Morgan fingerprint density at radius 3 is 2.33 bits per heavy atom. The first kappa shape index (κ1) is 14.4. The maximum Gasteiger partial charge on any atom is 0.324 e. The Hall–Kier alpha value is -0.610. The van der Waals surface area contributed by atoms with Crippen molar-refractivity contribution in [1.29, 1.82) is 0 Å². The molecule has 0 rings (SSSR count). The van der Waals surface area contributed by atoms with Crippen molar-refractivity contribution >= 4 is 5.97 Å². The smallest absolute Gasteiger partial charge is 0.324 e. The third-order valence-electron chi connectivity index (χ3n) is 2.78. The van der Waals surface area contributed by atoms with Gasteiger partial charge in [0.05, 0.1) is 0 Å². The second-order valence-electron chi connectivity index (χ2n) is 4.45. The van der Waals surface area contributed by atoms with E-state index in [1.165, 1.54) is 0 Å². The average Bonchev–Trinajstić information content (AvgIpc) is 2.16. The molecule has 0 aliphatic carbocycles. The number of carboxylic acids is 1. The van der Waals surface area contributed by atoms with Crippen molar-refractivity contribution in [2.45, 2.75) is 45.7 Å². The number of carbonyl (C=O) groups is 1. The Morgan fingerprint density at radius 2 is 2.07 bits per heavy atom. The van der Waals surface area contributed by atoms with E-state index in [4.69, 9.17) is 5.11 Å². The van der Waals surface area contributed by atoms with Gasteiger partial charge in [0.25, 0.3) is 0 Å². The van der Waals surface area contributed by atoms with Gasteiger partial charge in [-0.2, -0.15) is 0 Å². The molecule has 0 saturated heterocycles. The van der Waals surface area contributed by atoms with Crippen molar-refractivity contribution < 1.29 is 9.90 Å². The van der Waals surface area contributed by atoms with Crippen LogP contribution < -0.4 is 5.32 Å². The Bertz CT molecular complexity index is 207. The van der Waals surface area contributed by atoms with E-state index < -0.39 is 11.5 Å². The first-order valence-electron chi connectivity index (χ1n) is 5.53. The molecule has 0 aromatic heterocycles. The summed E-state index contributed by atoms with van der Waals surface area (Å²) in [6, 6.07) is 0.372. The summed E-state index contributed by atoms with van der Waals surface area (Å²) in [4.78, 5) is 13.3. The lowest BCUT2D eigenvalue weighted by Crippen LogP contribution is -2.56. The van der Waals surface area contributed by atoms with E-state index in [1.807, 2.05) is 0 Å². The van der Waals surface area contributed by atoms with E-state index in [1.54, 1.807) is 14.0 Å². The monoisotopic (exact) mass is 216 g/mol. The van der Waals surface area contributed by atoms with Crippen LogP contribution in [0.3, 0.4) is 0 Å². The van der Waals surface area contributed by atoms with Crippen molar-refractivity contribution in [3.8, 4) is 0 Å².